The molecule has 0 atom stereocenters. The Labute approximate surface area is 75.9 Å². The van der Waals surface area contributed by atoms with Gasteiger partial charge in [0.25, 0.3) is 0 Å². The van der Waals surface area contributed by atoms with Crippen molar-refractivity contribution in [3.63, 3.8) is 0 Å². The number of alkyl halides is 3. The van der Waals surface area contributed by atoms with Crippen molar-refractivity contribution in [1.29, 1.82) is 0 Å². The third-order valence-corrected chi connectivity index (χ3v) is 1.76. The Morgan fingerprint density at radius 1 is 1.54 bits per heavy atom. The summed E-state index contributed by atoms with van der Waals surface area (Å²) in [6, 6.07) is 0. The van der Waals surface area contributed by atoms with Crippen molar-refractivity contribution in [2.24, 2.45) is 0 Å². The summed E-state index contributed by atoms with van der Waals surface area (Å²) in [5, 5.41) is 0. The number of halogens is 3. The van der Waals surface area contributed by atoms with Gasteiger partial charge in [-0.25, -0.2) is 0 Å². The highest BCUT2D eigenvalue weighted by molar-refractivity contribution is 6.99. The van der Waals surface area contributed by atoms with Gasteiger partial charge in [0.1, 0.15) is 5.69 Å². The smallest absolute Gasteiger partial charge is 0.292 e. The van der Waals surface area contributed by atoms with E-state index in [-0.39, 0.29) is 5.69 Å². The number of hydrogen-bond donors (Lipinski definition) is 0. The highest BCUT2D eigenvalue weighted by Crippen LogP contribution is 2.22. The average Bonchev–Trinajstić information content (AvgIpc) is 2.50. The molecule has 0 radical (unpaired) electrons. The molecular weight excluding hydrogens is 205 g/mol. The van der Waals surface area contributed by atoms with Gasteiger partial charge in [-0.3, -0.25) is 4.79 Å². The summed E-state index contributed by atoms with van der Waals surface area (Å²) in [7, 11) is 0. The van der Waals surface area contributed by atoms with Crippen LogP contribution in [0.1, 0.15) is 23.3 Å². The molecule has 0 aliphatic rings. The van der Waals surface area contributed by atoms with Crippen molar-refractivity contribution in [1.82, 2.24) is 8.75 Å². The predicted octanol–water partition coefficient (Wildman–Crippen LogP) is 2.06. The zero-order valence-electron chi connectivity index (χ0n) is 6.34. The van der Waals surface area contributed by atoms with E-state index < -0.39 is 24.8 Å². The lowest BCUT2D eigenvalue weighted by Crippen LogP contribution is -2.10. The highest BCUT2D eigenvalue weighted by Gasteiger charge is 2.28. The second kappa shape index (κ2) is 3.82. The summed E-state index contributed by atoms with van der Waals surface area (Å²) in [6.45, 7) is 0. The number of carbonyl (C=O) groups excluding carboxylic acids is 1. The summed E-state index contributed by atoms with van der Waals surface area (Å²) in [5.74, 6) is -0.619. The molecule has 3 nitrogen and oxygen atoms in total. The first-order valence-electron chi connectivity index (χ1n) is 3.36. The predicted molar refractivity (Wildman–Crippen MR) is 39.5 cm³/mol. The van der Waals surface area contributed by atoms with E-state index in [9.17, 15) is 18.0 Å². The molecule has 72 valence electrons. The van der Waals surface area contributed by atoms with E-state index in [4.69, 9.17) is 0 Å². The van der Waals surface area contributed by atoms with Gasteiger partial charge in [0.05, 0.1) is 24.3 Å². The fraction of sp³-hybridized carbons (Fsp3) is 0.500. The zero-order chi connectivity index (χ0) is 9.90. The first-order valence-corrected chi connectivity index (χ1v) is 4.09. The van der Waals surface area contributed by atoms with E-state index in [1.165, 1.54) is 6.20 Å². The maximum atomic E-state index is 11.7. The van der Waals surface area contributed by atoms with Gasteiger partial charge in [-0.15, -0.1) is 0 Å². The lowest BCUT2D eigenvalue weighted by atomic mass is 10.2. The quantitative estimate of drug-likeness (QED) is 0.717. The standard InChI is InChI=1S/C6H5F3N2OS/c7-6(8,9)2-1-5(12)4-3-10-13-11-4/h3H,1-2H2. The van der Waals surface area contributed by atoms with Crippen molar-refractivity contribution in [3.8, 4) is 0 Å². The molecule has 0 saturated carbocycles. The number of carbonyl (C=O) groups is 1. The molecule has 1 heterocycles. The molecule has 0 saturated heterocycles. The first-order chi connectivity index (χ1) is 5.99. The van der Waals surface area contributed by atoms with Crippen LogP contribution in [0.4, 0.5) is 13.2 Å². The van der Waals surface area contributed by atoms with Gasteiger partial charge in [-0.2, -0.15) is 21.9 Å². The molecule has 0 aromatic carbocycles. The molecule has 1 aromatic heterocycles. The minimum Gasteiger partial charge on any atom is -0.292 e. The van der Waals surface area contributed by atoms with Crippen molar-refractivity contribution >= 4 is 17.5 Å². The fourth-order valence-electron chi connectivity index (χ4n) is 0.671. The molecule has 1 aromatic rings. The average molecular weight is 210 g/mol. The molecular formula is C6H5F3N2OS. The maximum absolute atomic E-state index is 11.7. The van der Waals surface area contributed by atoms with Crippen LogP contribution in [0, 0.1) is 0 Å². The van der Waals surface area contributed by atoms with Crippen molar-refractivity contribution in [2.75, 3.05) is 0 Å². The monoisotopic (exact) mass is 210 g/mol. The van der Waals surface area contributed by atoms with E-state index in [1.54, 1.807) is 0 Å². The SMILES string of the molecule is O=C(CCC(F)(F)F)c1cnsn1. The Hall–Kier alpha value is -0.980. The normalized spacial score (nSPS) is 11.6. The lowest BCUT2D eigenvalue weighted by Gasteiger charge is -2.02. The molecule has 0 fully saturated rings. The topological polar surface area (TPSA) is 42.9 Å². The van der Waals surface area contributed by atoms with Crippen LogP contribution < -0.4 is 0 Å². The second-order valence-corrected chi connectivity index (χ2v) is 2.89. The maximum Gasteiger partial charge on any atom is 0.389 e. The minimum atomic E-state index is -4.29. The first kappa shape index (κ1) is 10.1. The number of rotatable bonds is 3. The summed E-state index contributed by atoms with van der Waals surface area (Å²) >= 11 is 0.799. The van der Waals surface area contributed by atoms with Gasteiger partial charge in [-0.1, -0.05) is 0 Å². The Bertz CT molecular complexity index is 283. The number of ketones is 1. The second-order valence-electron chi connectivity index (χ2n) is 2.33. The molecule has 0 aliphatic carbocycles. The molecule has 0 bridgehead atoms. The summed E-state index contributed by atoms with van der Waals surface area (Å²) in [5.41, 5.74) is 0.00856. The molecule has 0 spiro atoms. The van der Waals surface area contributed by atoms with Gasteiger partial charge in [0.2, 0.25) is 0 Å². The summed E-state index contributed by atoms with van der Waals surface area (Å²) < 4.78 is 42.1. The fourth-order valence-corrected chi connectivity index (χ4v) is 1.10. The Morgan fingerprint density at radius 2 is 2.23 bits per heavy atom. The van der Waals surface area contributed by atoms with E-state index in [2.05, 4.69) is 8.75 Å². The number of hydrogen-bond acceptors (Lipinski definition) is 4. The number of aromatic nitrogens is 2. The Balaban J connectivity index is 2.44. The van der Waals surface area contributed by atoms with E-state index in [0.29, 0.717) is 0 Å². The third-order valence-electron chi connectivity index (χ3n) is 1.28. The number of Topliss-reactive ketones (excluding diaryl/α,β-unsaturated/α-hetero) is 1. The zero-order valence-corrected chi connectivity index (χ0v) is 7.15. The van der Waals surface area contributed by atoms with Crippen molar-refractivity contribution < 1.29 is 18.0 Å². The molecule has 7 heteroatoms. The van der Waals surface area contributed by atoms with Crippen LogP contribution in [0.5, 0.6) is 0 Å². The van der Waals surface area contributed by atoms with Gasteiger partial charge in [-0.05, 0) is 0 Å². The van der Waals surface area contributed by atoms with E-state index in [0.717, 1.165) is 11.7 Å². The van der Waals surface area contributed by atoms with Crippen LogP contribution in [0.25, 0.3) is 0 Å². The van der Waals surface area contributed by atoms with Crippen LogP contribution in [-0.2, 0) is 0 Å². The van der Waals surface area contributed by atoms with Crippen LogP contribution in [0.2, 0.25) is 0 Å². The summed E-state index contributed by atoms with van der Waals surface area (Å²) in [6.07, 6.45) is -4.79. The Kier molecular flexibility index (Phi) is 2.97. The summed E-state index contributed by atoms with van der Waals surface area (Å²) in [4.78, 5) is 11.0. The molecule has 0 N–H and O–H groups in total. The van der Waals surface area contributed by atoms with Gasteiger partial charge in [0.15, 0.2) is 5.78 Å². The highest BCUT2D eigenvalue weighted by atomic mass is 32.1. The van der Waals surface area contributed by atoms with Crippen LogP contribution in [0.3, 0.4) is 0 Å². The van der Waals surface area contributed by atoms with Gasteiger partial charge in [0, 0.05) is 6.42 Å². The van der Waals surface area contributed by atoms with E-state index in [1.807, 2.05) is 0 Å². The molecule has 0 amide bonds. The third kappa shape index (κ3) is 3.49. The van der Waals surface area contributed by atoms with Crippen molar-refractivity contribution in [3.05, 3.63) is 11.9 Å². The van der Waals surface area contributed by atoms with Crippen molar-refractivity contribution in [2.45, 2.75) is 19.0 Å². The molecule has 1 rings (SSSR count). The molecule has 13 heavy (non-hydrogen) atoms. The minimum absolute atomic E-state index is 0.00856. The van der Waals surface area contributed by atoms with Gasteiger partial charge >= 0.3 is 6.18 Å². The molecule has 0 unspecified atom stereocenters. The molecule has 0 aliphatic heterocycles. The largest absolute Gasteiger partial charge is 0.389 e. The lowest BCUT2D eigenvalue weighted by molar-refractivity contribution is -0.133. The van der Waals surface area contributed by atoms with E-state index >= 15 is 0 Å². The number of nitrogens with zero attached hydrogens (tertiary/aromatic N) is 2. The van der Waals surface area contributed by atoms with Crippen LogP contribution in [-0.4, -0.2) is 20.7 Å². The van der Waals surface area contributed by atoms with Crippen LogP contribution >= 0.6 is 11.7 Å². The Morgan fingerprint density at radius 3 is 2.69 bits per heavy atom. The van der Waals surface area contributed by atoms with Crippen LogP contribution in [0.15, 0.2) is 6.20 Å². The van der Waals surface area contributed by atoms with Gasteiger partial charge < -0.3 is 0 Å².